The highest BCUT2D eigenvalue weighted by atomic mass is 127. The fraction of sp³-hybridized carbons (Fsp3) is 0. The summed E-state index contributed by atoms with van der Waals surface area (Å²) in [6.07, 6.45) is 5.73. The summed E-state index contributed by atoms with van der Waals surface area (Å²) >= 11 is -0.0698. The van der Waals surface area contributed by atoms with Crippen LogP contribution in [0.15, 0.2) is 25.7 Å². The van der Waals surface area contributed by atoms with Gasteiger partial charge in [-0.15, -0.1) is 0 Å². The maximum absolute atomic E-state index is 4.35. The van der Waals surface area contributed by atoms with E-state index in [9.17, 15) is 0 Å². The van der Waals surface area contributed by atoms with Gasteiger partial charge in [0.2, 0.25) is 0 Å². The Morgan fingerprint density at radius 3 is 3.30 bits per heavy atom. The third-order valence-electron chi connectivity index (χ3n) is 1.27. The molecule has 0 saturated carbocycles. The molecule has 1 aromatic rings. The molecule has 0 bridgehead atoms. The van der Waals surface area contributed by atoms with Crippen LogP contribution in [-0.4, -0.2) is 4.98 Å². The van der Waals surface area contributed by atoms with Crippen molar-refractivity contribution in [2.24, 2.45) is 3.15 Å². The minimum Gasteiger partial charge on any atom is -0.262 e. The second-order valence-electron chi connectivity index (χ2n) is 1.91. The van der Waals surface area contributed by atoms with Crippen LogP contribution in [-0.2, 0) is 0 Å². The molecular weight excluding hydrogens is 239 g/mol. The fourth-order valence-electron chi connectivity index (χ4n) is 0.785. The average Bonchev–Trinajstić information content (AvgIpc) is 2.05. The normalized spacial score (nSPS) is 14.0. The Balaban J connectivity index is 2.65. The van der Waals surface area contributed by atoms with Crippen molar-refractivity contribution in [3.05, 3.63) is 28.1 Å². The number of nitrogens with zero attached hydrogens (tertiary/aromatic N) is 2. The van der Waals surface area contributed by atoms with Crippen LogP contribution >= 0.6 is 21.0 Å². The highest BCUT2D eigenvalue weighted by molar-refractivity contribution is 14.2. The zero-order chi connectivity index (χ0) is 6.81. The first kappa shape index (κ1) is 6.15. The molecule has 1 aliphatic rings. The summed E-state index contributed by atoms with van der Waals surface area (Å²) in [5.41, 5.74) is 2.25. The Morgan fingerprint density at radius 1 is 1.40 bits per heavy atom. The monoisotopic (exact) mass is 244 g/mol. The molecule has 0 aromatic carbocycles. The van der Waals surface area contributed by atoms with Crippen LogP contribution in [0.3, 0.4) is 0 Å². The largest absolute Gasteiger partial charge is 0.262 e. The van der Waals surface area contributed by atoms with E-state index < -0.39 is 0 Å². The molecule has 10 heavy (non-hydrogen) atoms. The summed E-state index contributed by atoms with van der Waals surface area (Å²) in [7, 11) is 0. The number of halogens is 1. The van der Waals surface area contributed by atoms with E-state index in [1.54, 1.807) is 6.20 Å². The van der Waals surface area contributed by atoms with Crippen LogP contribution in [0.4, 0.5) is 5.69 Å². The van der Waals surface area contributed by atoms with Crippen LogP contribution in [0.25, 0.3) is 6.08 Å². The molecule has 0 radical (unpaired) electrons. The molecule has 0 amide bonds. The fourth-order valence-corrected chi connectivity index (χ4v) is 2.20. The standard InChI is InChI=1S/C7H5IN2/c1-3-8-10-7-5-9-4-2-6(1)7/h1-5H. The van der Waals surface area contributed by atoms with Crippen molar-refractivity contribution < 1.29 is 0 Å². The predicted octanol–water partition coefficient (Wildman–Crippen LogP) is 2.85. The molecule has 1 aromatic heterocycles. The molecule has 2 heterocycles. The van der Waals surface area contributed by atoms with Crippen molar-refractivity contribution in [1.29, 1.82) is 0 Å². The van der Waals surface area contributed by atoms with Gasteiger partial charge in [-0.1, -0.05) is 0 Å². The van der Waals surface area contributed by atoms with Crippen molar-refractivity contribution in [1.82, 2.24) is 4.98 Å². The van der Waals surface area contributed by atoms with Crippen LogP contribution in [0, 0.1) is 0 Å². The second kappa shape index (κ2) is 2.57. The number of rotatable bonds is 0. The molecule has 0 saturated heterocycles. The van der Waals surface area contributed by atoms with Gasteiger partial charge in [0.15, 0.2) is 0 Å². The van der Waals surface area contributed by atoms with Crippen molar-refractivity contribution >= 4 is 32.8 Å². The third-order valence-corrected chi connectivity index (χ3v) is 2.75. The first-order valence-corrected chi connectivity index (χ1v) is 5.12. The lowest BCUT2D eigenvalue weighted by Crippen LogP contribution is -1.76. The summed E-state index contributed by atoms with van der Waals surface area (Å²) < 4.78 is 6.51. The minimum absolute atomic E-state index is 0.0698. The van der Waals surface area contributed by atoms with E-state index in [1.165, 1.54) is 5.56 Å². The summed E-state index contributed by atoms with van der Waals surface area (Å²) in [5.74, 6) is 0. The molecule has 0 unspecified atom stereocenters. The van der Waals surface area contributed by atoms with Gasteiger partial charge < -0.3 is 0 Å². The van der Waals surface area contributed by atoms with E-state index in [4.69, 9.17) is 0 Å². The average molecular weight is 244 g/mol. The lowest BCUT2D eigenvalue weighted by Gasteiger charge is -1.99. The van der Waals surface area contributed by atoms with Crippen LogP contribution < -0.4 is 0 Å². The molecular formula is C7H5IN2. The van der Waals surface area contributed by atoms with Gasteiger partial charge in [0.05, 0.1) is 11.9 Å². The Morgan fingerprint density at radius 2 is 2.40 bits per heavy atom. The summed E-state index contributed by atoms with van der Waals surface area (Å²) in [5, 5.41) is 0. The zero-order valence-electron chi connectivity index (χ0n) is 5.16. The quantitative estimate of drug-likeness (QED) is 0.644. The van der Waals surface area contributed by atoms with Crippen LogP contribution in [0.5, 0.6) is 0 Å². The predicted molar refractivity (Wildman–Crippen MR) is 49.4 cm³/mol. The molecule has 50 valence electrons. The van der Waals surface area contributed by atoms with E-state index in [0.29, 0.717) is 0 Å². The number of aromatic nitrogens is 1. The molecule has 3 heteroatoms. The SMILES string of the molecule is C1=Cc2ccncc2N=I1. The van der Waals surface area contributed by atoms with Gasteiger partial charge in [0.25, 0.3) is 0 Å². The lowest BCUT2D eigenvalue weighted by molar-refractivity contribution is 1.31. The highest BCUT2D eigenvalue weighted by Crippen LogP contribution is 2.28. The molecule has 0 spiro atoms. The maximum Gasteiger partial charge on any atom is 0.0946 e. The lowest BCUT2D eigenvalue weighted by atomic mass is 10.2. The van der Waals surface area contributed by atoms with Crippen molar-refractivity contribution in [3.63, 3.8) is 0 Å². The molecule has 2 rings (SSSR count). The molecule has 1 aliphatic heterocycles. The number of fused-ring (bicyclic) bond motifs is 1. The van der Waals surface area contributed by atoms with Crippen molar-refractivity contribution in [3.8, 4) is 0 Å². The van der Waals surface area contributed by atoms with E-state index in [1.807, 2.05) is 12.3 Å². The smallest absolute Gasteiger partial charge is 0.0946 e. The van der Waals surface area contributed by atoms with Gasteiger partial charge >= 0.3 is 0 Å². The third kappa shape index (κ3) is 1.01. The maximum atomic E-state index is 4.35. The molecule has 2 nitrogen and oxygen atoms in total. The molecule has 0 aliphatic carbocycles. The summed E-state index contributed by atoms with van der Waals surface area (Å²) in [6, 6.07) is 1.98. The Hall–Kier alpha value is -0.580. The molecule has 0 N–H and O–H groups in total. The highest BCUT2D eigenvalue weighted by Gasteiger charge is 1.97. The van der Waals surface area contributed by atoms with E-state index in [0.717, 1.165) is 5.69 Å². The van der Waals surface area contributed by atoms with Crippen molar-refractivity contribution in [2.45, 2.75) is 0 Å². The topological polar surface area (TPSA) is 25.2 Å². The van der Waals surface area contributed by atoms with Crippen LogP contribution in [0.1, 0.15) is 5.56 Å². The van der Waals surface area contributed by atoms with Crippen LogP contribution in [0.2, 0.25) is 0 Å². The van der Waals surface area contributed by atoms with Gasteiger partial charge in [0.1, 0.15) is 0 Å². The number of hydrogen-bond acceptors (Lipinski definition) is 2. The minimum atomic E-state index is -0.0698. The summed E-state index contributed by atoms with van der Waals surface area (Å²) in [4.78, 5) is 3.99. The Bertz CT molecular complexity index is 273. The van der Waals surface area contributed by atoms with Gasteiger partial charge in [-0.25, -0.2) is 3.15 Å². The molecule has 0 atom stereocenters. The number of pyridine rings is 1. The number of hydrogen-bond donors (Lipinski definition) is 0. The van der Waals surface area contributed by atoms with Gasteiger partial charge in [0, 0.05) is 32.8 Å². The van der Waals surface area contributed by atoms with E-state index in [2.05, 4.69) is 18.3 Å². The Kier molecular flexibility index (Phi) is 1.58. The Labute approximate surface area is 69.1 Å². The van der Waals surface area contributed by atoms with Gasteiger partial charge in [-0.2, -0.15) is 0 Å². The van der Waals surface area contributed by atoms with Gasteiger partial charge in [-0.05, 0) is 16.2 Å². The van der Waals surface area contributed by atoms with Gasteiger partial charge in [-0.3, -0.25) is 4.98 Å². The molecule has 0 fully saturated rings. The van der Waals surface area contributed by atoms with Crippen molar-refractivity contribution in [2.75, 3.05) is 0 Å². The first-order chi connectivity index (χ1) is 4.97. The van der Waals surface area contributed by atoms with E-state index >= 15 is 0 Å². The zero-order valence-corrected chi connectivity index (χ0v) is 7.32. The first-order valence-electron chi connectivity index (χ1n) is 2.91. The second-order valence-corrected chi connectivity index (χ2v) is 3.67. The van der Waals surface area contributed by atoms with E-state index in [-0.39, 0.29) is 21.0 Å². The summed E-state index contributed by atoms with van der Waals surface area (Å²) in [6.45, 7) is 0.